The highest BCUT2D eigenvalue weighted by atomic mass is 32.2. The van der Waals surface area contributed by atoms with Crippen LogP contribution in [0.2, 0.25) is 0 Å². The molecule has 3 aromatic rings. The SMILES string of the molecule is O=C(CCSc1nnnn1-c1cccc(F)c1)Nc1ccc2c(c1)OCO2. The van der Waals surface area contributed by atoms with Crippen LogP contribution < -0.4 is 14.8 Å². The summed E-state index contributed by atoms with van der Waals surface area (Å²) in [5, 5.41) is 14.7. The van der Waals surface area contributed by atoms with Crippen molar-refractivity contribution in [1.82, 2.24) is 20.2 Å². The average Bonchev–Trinajstić information content (AvgIpc) is 3.30. The van der Waals surface area contributed by atoms with E-state index in [1.807, 2.05) is 0 Å². The summed E-state index contributed by atoms with van der Waals surface area (Å²) in [6, 6.07) is 11.2. The van der Waals surface area contributed by atoms with Crippen LogP contribution in [0.1, 0.15) is 6.42 Å². The Balaban J connectivity index is 1.33. The van der Waals surface area contributed by atoms with Crippen LogP contribution in [0.4, 0.5) is 10.1 Å². The van der Waals surface area contributed by atoms with Gasteiger partial charge in [-0.1, -0.05) is 17.8 Å². The highest BCUT2D eigenvalue weighted by Gasteiger charge is 2.15. The Morgan fingerprint density at radius 3 is 3.00 bits per heavy atom. The Kier molecular flexibility index (Phi) is 4.88. The summed E-state index contributed by atoms with van der Waals surface area (Å²) in [7, 11) is 0. The number of tetrazole rings is 1. The average molecular weight is 387 g/mol. The molecule has 2 aromatic carbocycles. The van der Waals surface area contributed by atoms with Crippen LogP contribution in [0.15, 0.2) is 47.6 Å². The van der Waals surface area contributed by atoms with Crippen molar-refractivity contribution < 1.29 is 18.7 Å². The van der Waals surface area contributed by atoms with Gasteiger partial charge in [0.15, 0.2) is 11.5 Å². The van der Waals surface area contributed by atoms with Crippen LogP contribution in [0.3, 0.4) is 0 Å². The van der Waals surface area contributed by atoms with E-state index in [0.29, 0.717) is 33.8 Å². The fourth-order valence-electron chi connectivity index (χ4n) is 2.47. The second kappa shape index (κ2) is 7.62. The van der Waals surface area contributed by atoms with Gasteiger partial charge in [-0.25, -0.2) is 4.39 Å². The minimum absolute atomic E-state index is 0.147. The van der Waals surface area contributed by atoms with Gasteiger partial charge in [-0.3, -0.25) is 4.79 Å². The predicted octanol–water partition coefficient (Wildman–Crippen LogP) is 2.65. The summed E-state index contributed by atoms with van der Waals surface area (Å²) in [6.07, 6.45) is 0.259. The van der Waals surface area contributed by atoms with Gasteiger partial charge < -0.3 is 14.8 Å². The normalized spacial score (nSPS) is 12.2. The molecule has 27 heavy (non-hydrogen) atoms. The number of anilines is 1. The molecule has 0 bridgehead atoms. The molecule has 0 saturated heterocycles. The van der Waals surface area contributed by atoms with Gasteiger partial charge in [0.25, 0.3) is 0 Å². The molecule has 138 valence electrons. The molecule has 1 amide bonds. The van der Waals surface area contributed by atoms with Crippen molar-refractivity contribution in [3.63, 3.8) is 0 Å². The number of hydrogen-bond acceptors (Lipinski definition) is 7. The van der Waals surface area contributed by atoms with Crippen LogP contribution in [-0.2, 0) is 4.79 Å². The van der Waals surface area contributed by atoms with Gasteiger partial charge in [0, 0.05) is 23.9 Å². The van der Waals surface area contributed by atoms with Crippen molar-refractivity contribution in [3.05, 3.63) is 48.3 Å². The second-order valence-electron chi connectivity index (χ2n) is 5.57. The molecule has 2 heterocycles. The predicted molar refractivity (Wildman–Crippen MR) is 95.6 cm³/mol. The first-order valence-corrected chi connectivity index (χ1v) is 9.04. The quantitative estimate of drug-likeness (QED) is 0.650. The number of carbonyl (C=O) groups is 1. The lowest BCUT2D eigenvalue weighted by atomic mass is 10.2. The highest BCUT2D eigenvalue weighted by Crippen LogP contribution is 2.34. The summed E-state index contributed by atoms with van der Waals surface area (Å²) < 4.78 is 25.3. The lowest BCUT2D eigenvalue weighted by Gasteiger charge is -2.06. The van der Waals surface area contributed by atoms with Crippen molar-refractivity contribution in [2.24, 2.45) is 0 Å². The summed E-state index contributed by atoms with van der Waals surface area (Å²) in [6.45, 7) is 0.184. The first kappa shape index (κ1) is 17.3. The standard InChI is InChI=1S/C17H14FN5O3S/c18-11-2-1-3-13(8-11)23-17(20-21-22-23)27-7-6-16(24)19-12-4-5-14-15(9-12)26-10-25-14/h1-5,8-9H,6-7,10H2,(H,19,24). The molecule has 1 aliphatic rings. The molecule has 1 N–H and O–H groups in total. The monoisotopic (exact) mass is 387 g/mol. The fraction of sp³-hybridized carbons (Fsp3) is 0.176. The molecular formula is C17H14FN5O3S. The Hall–Kier alpha value is -3.14. The number of carbonyl (C=O) groups excluding carboxylic acids is 1. The molecule has 0 spiro atoms. The maximum Gasteiger partial charge on any atom is 0.231 e. The van der Waals surface area contributed by atoms with Gasteiger partial charge in [0.05, 0.1) is 5.69 Å². The Bertz CT molecular complexity index is 981. The van der Waals surface area contributed by atoms with E-state index in [0.717, 1.165) is 0 Å². The fourth-order valence-corrected chi connectivity index (χ4v) is 3.30. The minimum Gasteiger partial charge on any atom is -0.454 e. The third-order valence-corrected chi connectivity index (χ3v) is 4.63. The van der Waals surface area contributed by atoms with Gasteiger partial charge in [0.1, 0.15) is 5.82 Å². The van der Waals surface area contributed by atoms with Gasteiger partial charge in [-0.15, -0.1) is 5.10 Å². The van der Waals surface area contributed by atoms with Crippen molar-refractivity contribution in [1.29, 1.82) is 0 Å². The molecule has 4 rings (SSSR count). The van der Waals surface area contributed by atoms with Crippen LogP contribution >= 0.6 is 11.8 Å². The Morgan fingerprint density at radius 1 is 1.22 bits per heavy atom. The number of aromatic nitrogens is 4. The van der Waals surface area contributed by atoms with E-state index < -0.39 is 0 Å². The van der Waals surface area contributed by atoms with E-state index in [1.165, 1.54) is 28.6 Å². The smallest absolute Gasteiger partial charge is 0.231 e. The number of fused-ring (bicyclic) bond motifs is 1. The number of halogens is 1. The summed E-state index contributed by atoms with van der Waals surface area (Å²) in [4.78, 5) is 12.1. The van der Waals surface area contributed by atoms with Gasteiger partial charge in [0.2, 0.25) is 17.9 Å². The largest absolute Gasteiger partial charge is 0.454 e. The number of rotatable bonds is 6. The van der Waals surface area contributed by atoms with E-state index in [9.17, 15) is 9.18 Å². The van der Waals surface area contributed by atoms with Crippen LogP contribution in [0.5, 0.6) is 11.5 Å². The molecule has 0 unspecified atom stereocenters. The van der Waals surface area contributed by atoms with Crippen molar-refractivity contribution >= 4 is 23.4 Å². The minimum atomic E-state index is -0.373. The van der Waals surface area contributed by atoms with Gasteiger partial charge in [-0.2, -0.15) is 4.68 Å². The number of nitrogens with one attached hydrogen (secondary N) is 1. The topological polar surface area (TPSA) is 91.2 Å². The van der Waals surface area contributed by atoms with Gasteiger partial charge >= 0.3 is 0 Å². The van der Waals surface area contributed by atoms with E-state index in [-0.39, 0.29) is 24.9 Å². The highest BCUT2D eigenvalue weighted by molar-refractivity contribution is 7.99. The van der Waals surface area contributed by atoms with E-state index >= 15 is 0 Å². The zero-order chi connectivity index (χ0) is 18.6. The molecule has 8 nitrogen and oxygen atoms in total. The van der Waals surface area contributed by atoms with Crippen LogP contribution in [0.25, 0.3) is 5.69 Å². The molecular weight excluding hydrogens is 373 g/mol. The van der Waals surface area contributed by atoms with E-state index in [2.05, 4.69) is 20.8 Å². The summed E-state index contributed by atoms with van der Waals surface area (Å²) >= 11 is 1.31. The Labute approximate surface area is 157 Å². The third-order valence-electron chi connectivity index (χ3n) is 3.71. The zero-order valence-corrected chi connectivity index (χ0v) is 14.8. The molecule has 0 radical (unpaired) electrons. The molecule has 10 heteroatoms. The maximum absolute atomic E-state index is 13.4. The lowest BCUT2D eigenvalue weighted by molar-refractivity contribution is -0.115. The van der Waals surface area contributed by atoms with E-state index in [1.54, 1.807) is 30.3 Å². The molecule has 0 aliphatic carbocycles. The Morgan fingerprint density at radius 2 is 2.11 bits per heavy atom. The van der Waals surface area contributed by atoms with E-state index in [4.69, 9.17) is 9.47 Å². The van der Waals surface area contributed by atoms with Crippen LogP contribution in [-0.4, -0.2) is 38.7 Å². The summed E-state index contributed by atoms with van der Waals surface area (Å²) in [5.41, 5.74) is 1.16. The molecule has 0 atom stereocenters. The van der Waals surface area contributed by atoms with Crippen molar-refractivity contribution in [2.75, 3.05) is 17.9 Å². The molecule has 1 aliphatic heterocycles. The number of ether oxygens (including phenoxy) is 2. The lowest BCUT2D eigenvalue weighted by Crippen LogP contribution is -2.12. The van der Waals surface area contributed by atoms with Crippen LogP contribution in [0, 0.1) is 5.82 Å². The number of amides is 1. The first-order valence-electron chi connectivity index (χ1n) is 8.06. The molecule has 0 saturated carbocycles. The maximum atomic E-state index is 13.4. The van der Waals surface area contributed by atoms with Gasteiger partial charge in [-0.05, 0) is 40.8 Å². The number of nitrogens with zero attached hydrogens (tertiary/aromatic N) is 4. The van der Waals surface area contributed by atoms with Crippen molar-refractivity contribution in [3.8, 4) is 17.2 Å². The number of hydrogen-bond donors (Lipinski definition) is 1. The molecule has 1 aromatic heterocycles. The number of thioether (sulfide) groups is 1. The number of benzene rings is 2. The molecule has 0 fully saturated rings. The van der Waals surface area contributed by atoms with Crippen molar-refractivity contribution in [2.45, 2.75) is 11.6 Å². The zero-order valence-electron chi connectivity index (χ0n) is 14.0. The summed E-state index contributed by atoms with van der Waals surface area (Å²) in [5.74, 6) is 1.21. The second-order valence-corrected chi connectivity index (χ2v) is 6.63. The first-order chi connectivity index (χ1) is 13.2. The third kappa shape index (κ3) is 4.00.